The van der Waals surface area contributed by atoms with Crippen LogP contribution in [0.3, 0.4) is 0 Å². The average molecular weight is 481 g/mol. The van der Waals surface area contributed by atoms with Crippen molar-refractivity contribution in [1.29, 1.82) is 0 Å². The van der Waals surface area contributed by atoms with Gasteiger partial charge in [0.05, 0.1) is 24.9 Å². The standard InChI is InChI=1S/C30H28N2O4/c1-6-16-36-23-13-14-25-24(18-23)28(21-10-8-20(9-11-21)19(3)4)32-30(31-25)29(33)22-12-15-26(34-5)27(17-22)35-7-2/h1,8-15,17-19H,7,16H2,2-5H3. The van der Waals surface area contributed by atoms with Crippen LogP contribution < -0.4 is 14.2 Å². The van der Waals surface area contributed by atoms with Crippen molar-refractivity contribution in [3.8, 4) is 40.8 Å². The molecule has 0 N–H and O–H groups in total. The van der Waals surface area contributed by atoms with Gasteiger partial charge < -0.3 is 14.2 Å². The Kier molecular flexibility index (Phi) is 7.50. The number of methoxy groups -OCH3 is 1. The second-order valence-corrected chi connectivity index (χ2v) is 8.47. The first-order valence-electron chi connectivity index (χ1n) is 11.8. The van der Waals surface area contributed by atoms with Crippen LogP contribution in [-0.2, 0) is 0 Å². The van der Waals surface area contributed by atoms with Crippen LogP contribution in [0.4, 0.5) is 0 Å². The SMILES string of the molecule is C#CCOc1ccc2nc(C(=O)c3ccc(OC)c(OCC)c3)nc(-c3ccc(C(C)C)cc3)c2c1. The molecule has 4 rings (SSSR count). The largest absolute Gasteiger partial charge is 0.493 e. The van der Waals surface area contributed by atoms with Gasteiger partial charge in [0.1, 0.15) is 12.4 Å². The first-order valence-corrected chi connectivity index (χ1v) is 11.8. The monoisotopic (exact) mass is 480 g/mol. The molecule has 6 nitrogen and oxygen atoms in total. The van der Waals surface area contributed by atoms with Gasteiger partial charge in [0.15, 0.2) is 11.5 Å². The van der Waals surface area contributed by atoms with Gasteiger partial charge in [0.2, 0.25) is 11.6 Å². The van der Waals surface area contributed by atoms with E-state index in [-0.39, 0.29) is 18.2 Å². The second-order valence-electron chi connectivity index (χ2n) is 8.47. The summed E-state index contributed by atoms with van der Waals surface area (Å²) < 4.78 is 16.6. The number of ether oxygens (including phenoxy) is 3. The Hall–Kier alpha value is -4.37. The fraction of sp³-hybridized carbons (Fsp3) is 0.233. The highest BCUT2D eigenvalue weighted by Crippen LogP contribution is 2.32. The van der Waals surface area contributed by atoms with Gasteiger partial charge >= 0.3 is 0 Å². The fourth-order valence-corrected chi connectivity index (χ4v) is 3.89. The molecule has 0 fully saturated rings. The van der Waals surface area contributed by atoms with Gasteiger partial charge in [-0.2, -0.15) is 0 Å². The minimum absolute atomic E-state index is 0.0929. The molecule has 0 bridgehead atoms. The van der Waals surface area contributed by atoms with Crippen LogP contribution in [0.5, 0.6) is 17.2 Å². The zero-order valence-electron chi connectivity index (χ0n) is 20.9. The van der Waals surface area contributed by atoms with Crippen LogP contribution in [-0.4, -0.2) is 36.1 Å². The molecule has 0 atom stereocenters. The van der Waals surface area contributed by atoms with Crippen LogP contribution in [0.2, 0.25) is 0 Å². The van der Waals surface area contributed by atoms with Gasteiger partial charge in [-0.3, -0.25) is 4.79 Å². The van der Waals surface area contributed by atoms with Crippen LogP contribution in [0.1, 0.15) is 48.4 Å². The molecule has 0 unspecified atom stereocenters. The molecule has 0 saturated carbocycles. The molecule has 0 saturated heterocycles. The summed E-state index contributed by atoms with van der Waals surface area (Å²) in [6.07, 6.45) is 5.35. The van der Waals surface area contributed by atoms with Crippen molar-refractivity contribution in [2.24, 2.45) is 0 Å². The number of hydrogen-bond donors (Lipinski definition) is 0. The fourth-order valence-electron chi connectivity index (χ4n) is 3.89. The third-order valence-electron chi connectivity index (χ3n) is 5.77. The molecule has 0 spiro atoms. The number of benzene rings is 3. The highest BCUT2D eigenvalue weighted by atomic mass is 16.5. The Morgan fingerprint density at radius 3 is 2.42 bits per heavy atom. The molecule has 182 valence electrons. The van der Waals surface area contributed by atoms with Crippen molar-refractivity contribution >= 4 is 16.7 Å². The van der Waals surface area contributed by atoms with Gasteiger partial charge in [-0.15, -0.1) is 6.42 Å². The topological polar surface area (TPSA) is 70.5 Å². The van der Waals surface area contributed by atoms with E-state index in [1.165, 1.54) is 5.56 Å². The third-order valence-corrected chi connectivity index (χ3v) is 5.77. The molecule has 0 aliphatic carbocycles. The zero-order valence-corrected chi connectivity index (χ0v) is 20.9. The molecule has 0 amide bonds. The minimum atomic E-state index is -0.312. The molecule has 1 aromatic heterocycles. The van der Waals surface area contributed by atoms with Gasteiger partial charge in [-0.1, -0.05) is 44.0 Å². The Morgan fingerprint density at radius 1 is 0.972 bits per heavy atom. The summed E-state index contributed by atoms with van der Waals surface area (Å²) in [4.78, 5) is 22.8. The van der Waals surface area contributed by atoms with E-state index in [1.54, 1.807) is 31.4 Å². The maximum Gasteiger partial charge on any atom is 0.230 e. The van der Waals surface area contributed by atoms with Crippen molar-refractivity contribution in [3.63, 3.8) is 0 Å². The van der Waals surface area contributed by atoms with Gasteiger partial charge in [-0.25, -0.2) is 9.97 Å². The van der Waals surface area contributed by atoms with Crippen LogP contribution >= 0.6 is 0 Å². The second kappa shape index (κ2) is 10.9. The Morgan fingerprint density at radius 2 is 1.75 bits per heavy atom. The van der Waals surface area contributed by atoms with E-state index < -0.39 is 0 Å². The van der Waals surface area contributed by atoms with E-state index in [1.807, 2.05) is 31.2 Å². The molecule has 1 heterocycles. The summed E-state index contributed by atoms with van der Waals surface area (Å²) in [7, 11) is 1.56. The van der Waals surface area contributed by atoms with E-state index in [2.05, 4.69) is 36.9 Å². The van der Waals surface area contributed by atoms with Crippen molar-refractivity contribution in [2.45, 2.75) is 26.7 Å². The quantitative estimate of drug-likeness (QED) is 0.214. The lowest BCUT2D eigenvalue weighted by molar-refractivity contribution is 0.102. The normalized spacial score (nSPS) is 10.8. The van der Waals surface area contributed by atoms with Crippen LogP contribution in [0, 0.1) is 12.3 Å². The van der Waals surface area contributed by atoms with Crippen molar-refractivity contribution < 1.29 is 19.0 Å². The first-order chi connectivity index (χ1) is 17.4. The van der Waals surface area contributed by atoms with Gasteiger partial charge in [0, 0.05) is 16.5 Å². The number of ketones is 1. The number of carbonyl (C=O) groups is 1. The Bertz CT molecular complexity index is 1440. The summed E-state index contributed by atoms with van der Waals surface area (Å²) in [5.74, 6) is 4.31. The minimum Gasteiger partial charge on any atom is -0.493 e. The predicted molar refractivity (Wildman–Crippen MR) is 141 cm³/mol. The number of rotatable bonds is 9. The number of carbonyl (C=O) groups excluding carboxylic acids is 1. The predicted octanol–water partition coefficient (Wildman–Crippen LogP) is 6.07. The first kappa shape index (κ1) is 24.7. The number of aromatic nitrogens is 2. The molecule has 6 heteroatoms. The summed E-state index contributed by atoms with van der Waals surface area (Å²) in [5, 5.41) is 0.767. The highest BCUT2D eigenvalue weighted by molar-refractivity contribution is 6.08. The molecular weight excluding hydrogens is 452 g/mol. The molecule has 0 aliphatic heterocycles. The summed E-state index contributed by atoms with van der Waals surface area (Å²) in [6.45, 7) is 6.76. The number of hydrogen-bond acceptors (Lipinski definition) is 6. The van der Waals surface area contributed by atoms with Crippen LogP contribution in [0.15, 0.2) is 60.7 Å². The maximum absolute atomic E-state index is 13.5. The number of terminal acetylenes is 1. The summed E-state index contributed by atoms with van der Waals surface area (Å²) >= 11 is 0. The van der Waals surface area contributed by atoms with Crippen molar-refractivity contribution in [3.05, 3.63) is 77.6 Å². The molecule has 4 aromatic rings. The van der Waals surface area contributed by atoms with Crippen LogP contribution in [0.25, 0.3) is 22.2 Å². The van der Waals surface area contributed by atoms with Crippen molar-refractivity contribution in [1.82, 2.24) is 9.97 Å². The third kappa shape index (κ3) is 5.16. The average Bonchev–Trinajstić information content (AvgIpc) is 2.91. The highest BCUT2D eigenvalue weighted by Gasteiger charge is 2.19. The Balaban J connectivity index is 1.85. The molecular formula is C30H28N2O4. The van der Waals surface area contributed by atoms with Gasteiger partial charge in [0.25, 0.3) is 0 Å². The lowest BCUT2D eigenvalue weighted by Crippen LogP contribution is -2.09. The number of fused-ring (bicyclic) bond motifs is 1. The van der Waals surface area contributed by atoms with E-state index in [0.717, 1.165) is 10.9 Å². The molecule has 0 aliphatic rings. The molecule has 36 heavy (non-hydrogen) atoms. The molecule has 3 aromatic carbocycles. The summed E-state index contributed by atoms with van der Waals surface area (Å²) in [5.41, 5.74) is 3.77. The lowest BCUT2D eigenvalue weighted by atomic mass is 9.99. The smallest absolute Gasteiger partial charge is 0.230 e. The Labute approximate surface area is 211 Å². The zero-order chi connectivity index (χ0) is 25.7. The van der Waals surface area contributed by atoms with Crippen molar-refractivity contribution in [2.75, 3.05) is 20.3 Å². The van der Waals surface area contributed by atoms with Gasteiger partial charge in [-0.05, 0) is 54.8 Å². The van der Waals surface area contributed by atoms with E-state index in [0.29, 0.717) is 46.5 Å². The van der Waals surface area contributed by atoms with E-state index in [4.69, 9.17) is 25.6 Å². The number of nitrogens with zero attached hydrogens (tertiary/aromatic N) is 2. The lowest BCUT2D eigenvalue weighted by Gasteiger charge is -2.13. The molecule has 0 radical (unpaired) electrons. The summed E-state index contributed by atoms with van der Waals surface area (Å²) in [6, 6.07) is 18.7. The van der Waals surface area contributed by atoms with E-state index >= 15 is 0 Å². The van der Waals surface area contributed by atoms with E-state index in [9.17, 15) is 4.79 Å². The maximum atomic E-state index is 13.5.